The van der Waals surface area contributed by atoms with Crippen LogP contribution in [0.3, 0.4) is 0 Å². The van der Waals surface area contributed by atoms with E-state index in [-0.39, 0.29) is 6.85 Å². The molecule has 0 atom stereocenters. The van der Waals surface area contributed by atoms with Gasteiger partial charge in [0.1, 0.15) is 0 Å². The molecule has 0 N–H and O–H groups in total. The zero-order valence-corrected chi connectivity index (χ0v) is 25.0. The quantitative estimate of drug-likeness (QED) is 0.196. The van der Waals surface area contributed by atoms with Gasteiger partial charge in [-0.25, -0.2) is 0 Å². The van der Waals surface area contributed by atoms with E-state index in [1.165, 1.54) is 72.4 Å². The molecule has 2 aliphatic heterocycles. The van der Waals surface area contributed by atoms with Crippen molar-refractivity contribution >= 4 is 29.1 Å². The fourth-order valence-corrected chi connectivity index (χ4v) is 7.31. The molecule has 3 heterocycles. The molecule has 45 heavy (non-hydrogen) atoms. The highest BCUT2D eigenvalue weighted by Gasteiger charge is 2.42. The van der Waals surface area contributed by atoms with Crippen molar-refractivity contribution in [3.05, 3.63) is 164 Å². The van der Waals surface area contributed by atoms with Gasteiger partial charge in [0.05, 0.1) is 0 Å². The van der Waals surface area contributed by atoms with Crippen molar-refractivity contribution in [2.75, 3.05) is 4.81 Å². The average Bonchev–Trinajstić information content (AvgIpc) is 3.11. The number of aromatic nitrogens is 1. The molecule has 0 radical (unpaired) electrons. The van der Waals surface area contributed by atoms with E-state index in [1.807, 2.05) is 12.4 Å². The number of pyridine rings is 1. The monoisotopic (exact) mass is 572 g/mol. The van der Waals surface area contributed by atoms with Crippen molar-refractivity contribution in [3.63, 3.8) is 0 Å². The van der Waals surface area contributed by atoms with E-state index < -0.39 is 0 Å². The third kappa shape index (κ3) is 4.16. The average molecular weight is 573 g/mol. The van der Waals surface area contributed by atoms with Gasteiger partial charge in [0.15, 0.2) is 0 Å². The van der Waals surface area contributed by atoms with Crippen LogP contribution in [0, 0.1) is 6.92 Å². The van der Waals surface area contributed by atoms with Gasteiger partial charge in [0.2, 0.25) is 0 Å². The minimum Gasteiger partial charge on any atom is -0.376 e. The first-order chi connectivity index (χ1) is 22.2. The summed E-state index contributed by atoms with van der Waals surface area (Å²) in [5.74, 6) is 0. The smallest absolute Gasteiger partial charge is 0.329 e. The van der Waals surface area contributed by atoms with E-state index in [2.05, 4.69) is 162 Å². The number of anilines is 2. The maximum absolute atomic E-state index is 4.52. The van der Waals surface area contributed by atoms with Gasteiger partial charge in [-0.05, 0) is 92.7 Å². The standard InChI is InChI=1S/C42H29BN2/c1-28-22-34(27-44-26-28)33-16-19-36-38-24-32(30-12-6-3-7-13-30)18-21-42(38)45-41-20-17-31(29-10-4-2-5-11-29)23-37(41)35-14-8-9-15-39(35)43(45)40(36)25-33/h2-27H,1H3. The van der Waals surface area contributed by atoms with Crippen LogP contribution in [-0.2, 0) is 0 Å². The van der Waals surface area contributed by atoms with Gasteiger partial charge < -0.3 is 4.81 Å². The molecule has 210 valence electrons. The topological polar surface area (TPSA) is 16.1 Å². The zero-order valence-electron chi connectivity index (χ0n) is 25.0. The van der Waals surface area contributed by atoms with Gasteiger partial charge in [-0.15, -0.1) is 0 Å². The molecule has 0 saturated carbocycles. The second-order valence-electron chi connectivity index (χ2n) is 12.1. The zero-order chi connectivity index (χ0) is 29.9. The summed E-state index contributed by atoms with van der Waals surface area (Å²) in [6, 6.07) is 53.6. The first kappa shape index (κ1) is 25.8. The predicted octanol–water partition coefficient (Wildman–Crippen LogP) is 9.30. The maximum Gasteiger partial charge on any atom is 0.329 e. The molecule has 0 spiro atoms. The highest BCUT2D eigenvalue weighted by molar-refractivity contribution is 6.92. The van der Waals surface area contributed by atoms with Gasteiger partial charge in [-0.3, -0.25) is 4.98 Å². The minimum absolute atomic E-state index is 0.0408. The Kier molecular flexibility index (Phi) is 5.85. The summed E-state index contributed by atoms with van der Waals surface area (Å²) in [4.78, 5) is 7.10. The molecular formula is C42H29BN2. The lowest BCUT2D eigenvalue weighted by Crippen LogP contribution is -2.59. The van der Waals surface area contributed by atoms with E-state index in [9.17, 15) is 0 Å². The normalized spacial score (nSPS) is 12.5. The minimum atomic E-state index is 0.0408. The van der Waals surface area contributed by atoms with Gasteiger partial charge in [0.25, 0.3) is 0 Å². The van der Waals surface area contributed by atoms with E-state index in [1.54, 1.807) is 0 Å². The van der Waals surface area contributed by atoms with Crippen LogP contribution >= 0.6 is 0 Å². The van der Waals surface area contributed by atoms with E-state index in [4.69, 9.17) is 0 Å². The number of nitrogens with zero attached hydrogens (tertiary/aromatic N) is 2. The van der Waals surface area contributed by atoms with Gasteiger partial charge >= 0.3 is 6.85 Å². The molecule has 0 saturated heterocycles. The summed E-state index contributed by atoms with van der Waals surface area (Å²) in [6.45, 7) is 2.15. The van der Waals surface area contributed by atoms with E-state index in [0.717, 1.165) is 11.1 Å². The van der Waals surface area contributed by atoms with Crippen molar-refractivity contribution < 1.29 is 0 Å². The largest absolute Gasteiger partial charge is 0.376 e. The number of fused-ring (bicyclic) bond motifs is 11. The van der Waals surface area contributed by atoms with Gasteiger partial charge in [-0.1, -0.05) is 115 Å². The number of benzene rings is 6. The first-order valence-corrected chi connectivity index (χ1v) is 15.6. The van der Waals surface area contributed by atoms with Crippen LogP contribution in [0.25, 0.3) is 55.6 Å². The molecular weight excluding hydrogens is 543 g/mol. The molecule has 3 heteroatoms. The third-order valence-electron chi connectivity index (χ3n) is 9.37. The van der Waals surface area contributed by atoms with Crippen LogP contribution in [-0.4, -0.2) is 11.8 Å². The van der Waals surface area contributed by atoms with Crippen molar-refractivity contribution in [1.82, 2.24) is 4.98 Å². The number of aryl methyl sites for hydroxylation is 1. The number of rotatable bonds is 3. The molecule has 0 amide bonds. The lowest BCUT2D eigenvalue weighted by Gasteiger charge is -2.43. The summed E-state index contributed by atoms with van der Waals surface area (Å²) in [5, 5.41) is 0. The molecule has 9 rings (SSSR count). The van der Waals surface area contributed by atoms with E-state index in [0.29, 0.717) is 0 Å². The fourth-order valence-electron chi connectivity index (χ4n) is 7.31. The molecule has 2 aliphatic rings. The molecule has 7 aromatic rings. The van der Waals surface area contributed by atoms with Crippen molar-refractivity contribution in [2.45, 2.75) is 6.92 Å². The third-order valence-corrected chi connectivity index (χ3v) is 9.37. The Morgan fingerprint density at radius 1 is 0.422 bits per heavy atom. The number of hydrogen-bond acceptors (Lipinski definition) is 2. The molecule has 6 aromatic carbocycles. The molecule has 0 aliphatic carbocycles. The van der Waals surface area contributed by atoms with Crippen molar-refractivity contribution in [3.8, 4) is 55.6 Å². The van der Waals surface area contributed by atoms with Crippen LogP contribution in [0.5, 0.6) is 0 Å². The first-order valence-electron chi connectivity index (χ1n) is 15.6. The fraction of sp³-hybridized carbons (Fsp3) is 0.0238. The van der Waals surface area contributed by atoms with Crippen molar-refractivity contribution in [2.24, 2.45) is 0 Å². The SMILES string of the molecule is Cc1cncc(-c2ccc3c(c2)B2c4ccccc4-c4cc(-c5ccccc5)ccc4N2c2ccc(-c4ccccc4)cc2-3)c1. The predicted molar refractivity (Wildman–Crippen MR) is 190 cm³/mol. The Morgan fingerprint density at radius 2 is 0.978 bits per heavy atom. The lowest BCUT2D eigenvalue weighted by atomic mass is 9.43. The lowest BCUT2D eigenvalue weighted by molar-refractivity contribution is 1.27. The second kappa shape index (κ2) is 10.2. The van der Waals surface area contributed by atoms with Gasteiger partial charge in [-0.2, -0.15) is 0 Å². The van der Waals surface area contributed by atoms with Crippen molar-refractivity contribution in [1.29, 1.82) is 0 Å². The molecule has 1 aromatic heterocycles. The summed E-state index contributed by atoms with van der Waals surface area (Å²) in [6.07, 6.45) is 3.90. The van der Waals surface area contributed by atoms with E-state index >= 15 is 0 Å². The highest BCUT2D eigenvalue weighted by atomic mass is 15.1. The molecule has 0 bridgehead atoms. The Balaban J connectivity index is 1.32. The summed E-state index contributed by atoms with van der Waals surface area (Å²) >= 11 is 0. The van der Waals surface area contributed by atoms with Crippen LogP contribution in [0.1, 0.15) is 5.56 Å². The molecule has 0 unspecified atom stereocenters. The molecule has 0 fully saturated rings. The summed E-state index contributed by atoms with van der Waals surface area (Å²) in [7, 11) is 0. The maximum atomic E-state index is 4.52. The van der Waals surface area contributed by atoms with Gasteiger partial charge in [0, 0.05) is 40.5 Å². The van der Waals surface area contributed by atoms with Crippen LogP contribution < -0.4 is 15.7 Å². The Hall–Kier alpha value is -5.67. The van der Waals surface area contributed by atoms with Crippen LogP contribution in [0.15, 0.2) is 158 Å². The van der Waals surface area contributed by atoms with Crippen LogP contribution in [0.2, 0.25) is 0 Å². The molecule has 2 nitrogen and oxygen atoms in total. The van der Waals surface area contributed by atoms with Crippen LogP contribution in [0.4, 0.5) is 11.4 Å². The Bertz CT molecular complexity index is 2240. The Morgan fingerprint density at radius 3 is 1.62 bits per heavy atom. The summed E-state index contributed by atoms with van der Waals surface area (Å²) < 4.78 is 0. The Labute approximate surface area is 264 Å². The number of hydrogen-bond donors (Lipinski definition) is 0. The highest BCUT2D eigenvalue weighted by Crippen LogP contribution is 2.48. The summed E-state index contributed by atoms with van der Waals surface area (Å²) in [5.41, 5.74) is 18.6. The second-order valence-corrected chi connectivity index (χ2v) is 12.1.